The number of fused-ring (bicyclic) bond motifs is 3. The summed E-state index contributed by atoms with van der Waals surface area (Å²) in [5, 5.41) is 0. The molecule has 1 unspecified atom stereocenters. The Labute approximate surface area is 193 Å². The number of aromatic nitrogens is 1. The second-order valence-electron chi connectivity index (χ2n) is 7.37. The lowest BCUT2D eigenvalue weighted by molar-refractivity contribution is -0.143. The van der Waals surface area contributed by atoms with Crippen LogP contribution >= 0.6 is 11.3 Å². The standard InChI is InChI=1S/C23H22N2O7S/c1-2-28-21(26)7-8-25-14-11-17-18(30-10-9-29-17)12-20(14)33-23(25)24-22(27)19-13-31-15-5-3-4-6-16(15)32-19/h3-6,11-12,19H,2,7-10,13H2,1H3. The van der Waals surface area contributed by atoms with Crippen molar-refractivity contribution in [3.05, 3.63) is 41.2 Å². The molecular formula is C23H22N2O7S. The number of aryl methyl sites for hydroxylation is 1. The summed E-state index contributed by atoms with van der Waals surface area (Å²) < 4.78 is 30.6. The van der Waals surface area contributed by atoms with Crippen molar-refractivity contribution >= 4 is 33.4 Å². The Morgan fingerprint density at radius 3 is 2.64 bits per heavy atom. The van der Waals surface area contributed by atoms with Gasteiger partial charge in [-0.25, -0.2) is 0 Å². The molecular weight excluding hydrogens is 448 g/mol. The second-order valence-corrected chi connectivity index (χ2v) is 8.38. The minimum absolute atomic E-state index is 0.0725. The van der Waals surface area contributed by atoms with E-state index in [1.54, 1.807) is 19.1 Å². The maximum atomic E-state index is 13.0. The van der Waals surface area contributed by atoms with Crippen LogP contribution in [0.5, 0.6) is 23.0 Å². The minimum atomic E-state index is -0.858. The monoisotopic (exact) mass is 470 g/mol. The average molecular weight is 471 g/mol. The van der Waals surface area contributed by atoms with Gasteiger partial charge in [-0.1, -0.05) is 23.5 Å². The van der Waals surface area contributed by atoms with Crippen molar-refractivity contribution in [1.82, 2.24) is 4.57 Å². The molecule has 0 radical (unpaired) electrons. The number of benzene rings is 2. The molecule has 0 bridgehead atoms. The molecule has 10 heteroatoms. The summed E-state index contributed by atoms with van der Waals surface area (Å²) in [6, 6.07) is 10.9. The Morgan fingerprint density at radius 1 is 1.09 bits per heavy atom. The largest absolute Gasteiger partial charge is 0.486 e. The number of hydrogen-bond acceptors (Lipinski definition) is 8. The molecule has 2 aliphatic heterocycles. The van der Waals surface area contributed by atoms with Gasteiger partial charge < -0.3 is 28.3 Å². The lowest BCUT2D eigenvalue weighted by Gasteiger charge is -2.23. The summed E-state index contributed by atoms with van der Waals surface area (Å²) in [5.74, 6) is 1.59. The van der Waals surface area contributed by atoms with Crippen LogP contribution in [0, 0.1) is 0 Å². The van der Waals surface area contributed by atoms with Gasteiger partial charge in [-0.3, -0.25) is 9.59 Å². The Hall–Kier alpha value is -3.53. The summed E-state index contributed by atoms with van der Waals surface area (Å²) in [6.07, 6.45) is -0.713. The Bertz CT molecular complexity index is 1280. The van der Waals surface area contributed by atoms with E-state index in [9.17, 15) is 9.59 Å². The number of thiazole rings is 1. The van der Waals surface area contributed by atoms with Gasteiger partial charge in [-0.2, -0.15) is 4.99 Å². The van der Waals surface area contributed by atoms with E-state index in [1.807, 2.05) is 28.8 Å². The zero-order valence-electron chi connectivity index (χ0n) is 17.9. The van der Waals surface area contributed by atoms with Crippen LogP contribution in [-0.4, -0.2) is 49.0 Å². The molecule has 1 atom stereocenters. The number of amides is 1. The molecule has 33 heavy (non-hydrogen) atoms. The first-order valence-corrected chi connectivity index (χ1v) is 11.5. The lowest BCUT2D eigenvalue weighted by Crippen LogP contribution is -2.36. The summed E-state index contributed by atoms with van der Waals surface area (Å²) in [6.45, 7) is 3.38. The summed E-state index contributed by atoms with van der Waals surface area (Å²) in [4.78, 5) is 29.8. The van der Waals surface area contributed by atoms with Gasteiger partial charge in [0.2, 0.25) is 6.10 Å². The normalized spacial score (nSPS) is 17.1. The number of rotatable bonds is 5. The number of para-hydroxylation sites is 2. The number of carbonyl (C=O) groups excluding carboxylic acids is 2. The topological polar surface area (TPSA) is 97.6 Å². The fourth-order valence-corrected chi connectivity index (χ4v) is 4.72. The molecule has 0 spiro atoms. The highest BCUT2D eigenvalue weighted by atomic mass is 32.1. The van der Waals surface area contributed by atoms with Crippen molar-refractivity contribution in [3.63, 3.8) is 0 Å². The van der Waals surface area contributed by atoms with Crippen LogP contribution in [0.3, 0.4) is 0 Å². The number of carbonyl (C=O) groups is 2. The predicted molar refractivity (Wildman–Crippen MR) is 119 cm³/mol. The number of nitrogens with zero attached hydrogens (tertiary/aromatic N) is 2. The van der Waals surface area contributed by atoms with Crippen molar-refractivity contribution in [2.75, 3.05) is 26.4 Å². The van der Waals surface area contributed by atoms with E-state index in [1.165, 1.54) is 11.3 Å². The Morgan fingerprint density at radius 2 is 1.85 bits per heavy atom. The molecule has 5 rings (SSSR count). The summed E-state index contributed by atoms with van der Waals surface area (Å²) >= 11 is 1.33. The summed E-state index contributed by atoms with van der Waals surface area (Å²) in [7, 11) is 0. The predicted octanol–water partition coefficient (Wildman–Crippen LogP) is 2.69. The summed E-state index contributed by atoms with van der Waals surface area (Å²) in [5.41, 5.74) is 0.797. The van der Waals surface area contributed by atoms with Gasteiger partial charge in [0.15, 0.2) is 27.8 Å². The van der Waals surface area contributed by atoms with Crippen LogP contribution in [-0.2, 0) is 20.9 Å². The van der Waals surface area contributed by atoms with E-state index >= 15 is 0 Å². The highest BCUT2D eigenvalue weighted by molar-refractivity contribution is 7.16. The molecule has 172 valence electrons. The zero-order chi connectivity index (χ0) is 22.8. The van der Waals surface area contributed by atoms with Crippen molar-refractivity contribution in [2.24, 2.45) is 4.99 Å². The first kappa shape index (κ1) is 21.3. The Balaban J connectivity index is 1.50. The first-order chi connectivity index (χ1) is 16.1. The van der Waals surface area contributed by atoms with Gasteiger partial charge in [0, 0.05) is 18.7 Å². The van der Waals surface area contributed by atoms with Gasteiger partial charge in [0.1, 0.15) is 19.8 Å². The average Bonchev–Trinajstić information content (AvgIpc) is 3.16. The van der Waals surface area contributed by atoms with Gasteiger partial charge in [0.25, 0.3) is 5.91 Å². The minimum Gasteiger partial charge on any atom is -0.486 e. The molecule has 3 heterocycles. The maximum Gasteiger partial charge on any atom is 0.307 e. The number of hydrogen-bond donors (Lipinski definition) is 0. The molecule has 0 N–H and O–H groups in total. The van der Waals surface area contributed by atoms with E-state index in [0.717, 1.165) is 10.2 Å². The highest BCUT2D eigenvalue weighted by Crippen LogP contribution is 2.36. The Kier molecular flexibility index (Phi) is 5.91. The van der Waals surface area contributed by atoms with Gasteiger partial charge in [-0.05, 0) is 19.1 Å². The van der Waals surface area contributed by atoms with Crippen LogP contribution in [0.25, 0.3) is 10.2 Å². The molecule has 1 aromatic heterocycles. The molecule has 0 fully saturated rings. The van der Waals surface area contributed by atoms with Crippen molar-refractivity contribution < 1.29 is 33.3 Å². The van der Waals surface area contributed by atoms with Gasteiger partial charge in [-0.15, -0.1) is 0 Å². The molecule has 0 saturated heterocycles. The smallest absolute Gasteiger partial charge is 0.307 e. The van der Waals surface area contributed by atoms with Crippen LogP contribution < -0.4 is 23.7 Å². The molecule has 0 aliphatic carbocycles. The third-order valence-corrected chi connectivity index (χ3v) is 6.22. The van der Waals surface area contributed by atoms with Crippen LogP contribution in [0.15, 0.2) is 41.4 Å². The molecule has 2 aliphatic rings. The van der Waals surface area contributed by atoms with E-state index in [0.29, 0.717) is 54.2 Å². The van der Waals surface area contributed by atoms with E-state index in [4.69, 9.17) is 23.7 Å². The number of esters is 1. The quantitative estimate of drug-likeness (QED) is 0.529. The maximum absolute atomic E-state index is 13.0. The van der Waals surface area contributed by atoms with Crippen molar-refractivity contribution in [2.45, 2.75) is 26.0 Å². The third-order valence-electron chi connectivity index (χ3n) is 5.18. The van der Waals surface area contributed by atoms with Crippen LogP contribution in [0.2, 0.25) is 0 Å². The zero-order valence-corrected chi connectivity index (χ0v) is 18.8. The van der Waals surface area contributed by atoms with Crippen LogP contribution in [0.4, 0.5) is 0 Å². The fourth-order valence-electron chi connectivity index (χ4n) is 3.65. The lowest BCUT2D eigenvalue weighted by atomic mass is 10.2. The van der Waals surface area contributed by atoms with E-state index in [2.05, 4.69) is 4.99 Å². The van der Waals surface area contributed by atoms with E-state index < -0.39 is 12.0 Å². The highest BCUT2D eigenvalue weighted by Gasteiger charge is 2.27. The second kappa shape index (κ2) is 9.14. The van der Waals surface area contributed by atoms with Crippen LogP contribution in [0.1, 0.15) is 13.3 Å². The SMILES string of the molecule is CCOC(=O)CCn1c(=NC(=O)C2COc3ccccc3O2)sc2cc3c(cc21)OCCO3. The van der Waals surface area contributed by atoms with Gasteiger partial charge >= 0.3 is 5.97 Å². The fraction of sp³-hybridized carbons (Fsp3) is 0.348. The molecule has 0 saturated carbocycles. The first-order valence-electron chi connectivity index (χ1n) is 10.7. The van der Waals surface area contributed by atoms with E-state index in [-0.39, 0.29) is 19.0 Å². The number of ether oxygens (including phenoxy) is 5. The third kappa shape index (κ3) is 4.38. The molecule has 1 amide bonds. The van der Waals surface area contributed by atoms with Crippen molar-refractivity contribution in [3.8, 4) is 23.0 Å². The van der Waals surface area contributed by atoms with Gasteiger partial charge in [0.05, 0.1) is 23.2 Å². The van der Waals surface area contributed by atoms with Crippen molar-refractivity contribution in [1.29, 1.82) is 0 Å². The molecule has 9 nitrogen and oxygen atoms in total. The molecule has 3 aromatic rings. The molecule has 2 aromatic carbocycles.